The van der Waals surface area contributed by atoms with Gasteiger partial charge in [-0.3, -0.25) is 0 Å². The predicted molar refractivity (Wildman–Crippen MR) is 58.3 cm³/mol. The molecule has 4 nitrogen and oxygen atoms in total. The Balaban J connectivity index is -0.000000143. The van der Waals surface area contributed by atoms with E-state index in [9.17, 15) is 10.2 Å². The van der Waals surface area contributed by atoms with Crippen molar-refractivity contribution in [3.8, 4) is 0 Å². The molecule has 0 aliphatic rings. The fourth-order valence-electron chi connectivity index (χ4n) is 0. The SMILES string of the molecule is CN(C)C([O-])=S.CN(C)C([O-])=S.[Te+2]. The van der Waals surface area contributed by atoms with Gasteiger partial charge in [0.05, 0.1) is 0 Å². The predicted octanol–water partition coefficient (Wildman–Crippen LogP) is -1.99. The van der Waals surface area contributed by atoms with Crippen LogP contribution < -0.4 is 10.2 Å². The summed E-state index contributed by atoms with van der Waals surface area (Å²) in [7, 11) is 6.48. The molecule has 76 valence electrons. The van der Waals surface area contributed by atoms with Gasteiger partial charge < -0.3 is 20.0 Å². The minimum Gasteiger partial charge on any atom is -0.852 e. The van der Waals surface area contributed by atoms with Gasteiger partial charge >= 0.3 is 23.7 Å². The van der Waals surface area contributed by atoms with Crippen molar-refractivity contribution in [2.75, 3.05) is 28.2 Å². The Hall–Kier alpha value is 0.170. The van der Waals surface area contributed by atoms with Gasteiger partial charge in [-0.05, 0) is 0 Å². The maximum absolute atomic E-state index is 9.88. The standard InChI is InChI=1S/2C3H7NOS.Te/c2*1-4(2)3(5)6;/h2*1-2H3,(H,5,6);/q;;+2/p-2. The summed E-state index contributed by atoms with van der Waals surface area (Å²) in [5.41, 5.74) is 0. The van der Waals surface area contributed by atoms with Gasteiger partial charge in [-0.1, -0.05) is 24.4 Å². The monoisotopic (exact) mass is 338 g/mol. The Morgan fingerprint density at radius 3 is 0.923 bits per heavy atom. The molecule has 7 heteroatoms. The molecule has 0 aliphatic heterocycles. The molecule has 0 atom stereocenters. The van der Waals surface area contributed by atoms with Gasteiger partial charge in [0.1, 0.15) is 0 Å². The molecule has 0 aromatic carbocycles. The average molecular weight is 336 g/mol. The molecule has 0 saturated heterocycles. The van der Waals surface area contributed by atoms with E-state index < -0.39 is 0 Å². The van der Waals surface area contributed by atoms with Crippen LogP contribution >= 0.6 is 24.4 Å². The van der Waals surface area contributed by atoms with Gasteiger partial charge in [-0.2, -0.15) is 0 Å². The van der Waals surface area contributed by atoms with Crippen LogP contribution in [0.25, 0.3) is 0 Å². The molecule has 13 heavy (non-hydrogen) atoms. The van der Waals surface area contributed by atoms with Crippen LogP contribution in [0.1, 0.15) is 0 Å². The molecule has 0 fully saturated rings. The van der Waals surface area contributed by atoms with Crippen LogP contribution in [0.3, 0.4) is 0 Å². The first-order valence-corrected chi connectivity index (χ1v) is 3.87. The molecule has 0 amide bonds. The molecule has 4 radical (unpaired) electrons. The molecular weight excluding hydrogens is 324 g/mol. The van der Waals surface area contributed by atoms with Crippen molar-refractivity contribution in [1.82, 2.24) is 9.80 Å². The molecule has 0 N–H and O–H groups in total. The molecule has 0 unspecified atom stereocenters. The van der Waals surface area contributed by atoms with E-state index in [-0.39, 0.29) is 34.0 Å². The second-order valence-corrected chi connectivity index (χ2v) is 3.02. The largest absolute Gasteiger partial charge is 2.00 e. The summed E-state index contributed by atoms with van der Waals surface area (Å²) in [6, 6.07) is 0. The van der Waals surface area contributed by atoms with Crippen molar-refractivity contribution >= 4 is 58.5 Å². The van der Waals surface area contributed by atoms with E-state index in [1.54, 1.807) is 28.2 Å². The third kappa shape index (κ3) is 18.9. The van der Waals surface area contributed by atoms with Crippen molar-refractivity contribution in [2.45, 2.75) is 0 Å². The van der Waals surface area contributed by atoms with E-state index in [1.807, 2.05) is 0 Å². The molecule has 0 spiro atoms. The van der Waals surface area contributed by atoms with Crippen LogP contribution in [0.2, 0.25) is 0 Å². The summed E-state index contributed by atoms with van der Waals surface area (Å²) in [4.78, 5) is 2.69. The van der Waals surface area contributed by atoms with Crippen molar-refractivity contribution in [3.05, 3.63) is 0 Å². The summed E-state index contributed by atoms with van der Waals surface area (Å²) < 4.78 is 0. The summed E-state index contributed by atoms with van der Waals surface area (Å²) >= 11 is 8.38. The van der Waals surface area contributed by atoms with Gasteiger partial charge in [0.25, 0.3) is 0 Å². The van der Waals surface area contributed by atoms with Gasteiger partial charge in [0.15, 0.2) is 0 Å². The average Bonchev–Trinajstić information content (AvgIpc) is 1.88. The molecular formula is C6H12N2O2S2Te. The van der Waals surface area contributed by atoms with Gasteiger partial charge in [-0.25, -0.2) is 0 Å². The quantitative estimate of drug-likeness (QED) is 0.377. The zero-order valence-electron chi connectivity index (χ0n) is 7.94. The van der Waals surface area contributed by atoms with Crippen LogP contribution in [0, 0.1) is 0 Å². The second-order valence-electron chi connectivity index (χ2n) is 2.32. The Labute approximate surface area is 106 Å². The Morgan fingerprint density at radius 2 is 0.923 bits per heavy atom. The zero-order chi connectivity index (χ0) is 10.3. The van der Waals surface area contributed by atoms with Gasteiger partial charge in [0, 0.05) is 38.5 Å². The Morgan fingerprint density at radius 1 is 0.846 bits per heavy atom. The number of rotatable bonds is 0. The number of hydrogen-bond acceptors (Lipinski definition) is 4. The molecule has 0 heterocycles. The topological polar surface area (TPSA) is 52.6 Å². The third-order valence-corrected chi connectivity index (χ3v) is 1.46. The first kappa shape index (κ1) is 18.9. The van der Waals surface area contributed by atoms with Crippen molar-refractivity contribution in [3.63, 3.8) is 0 Å². The Bertz CT molecular complexity index is 147. The van der Waals surface area contributed by atoms with E-state index in [2.05, 4.69) is 24.4 Å². The van der Waals surface area contributed by atoms with Crippen LogP contribution in [-0.2, 0) is 0 Å². The molecule has 0 aromatic rings. The smallest absolute Gasteiger partial charge is 0.852 e. The normalized spacial score (nSPS) is 7.08. The summed E-state index contributed by atoms with van der Waals surface area (Å²) in [5.74, 6) is 0. The number of thiocarbonyl (C=S) groups is 2. The first-order valence-electron chi connectivity index (χ1n) is 3.05. The molecule has 0 aromatic heterocycles. The second kappa shape index (κ2) is 10.3. The minimum absolute atomic E-state index is 0. The minimum atomic E-state index is -0.324. The summed E-state index contributed by atoms with van der Waals surface area (Å²) in [6.07, 6.45) is 0. The van der Waals surface area contributed by atoms with E-state index in [0.717, 1.165) is 0 Å². The molecule has 0 bridgehead atoms. The van der Waals surface area contributed by atoms with Crippen molar-refractivity contribution < 1.29 is 10.2 Å². The van der Waals surface area contributed by atoms with Crippen LogP contribution in [0.15, 0.2) is 0 Å². The van der Waals surface area contributed by atoms with Crippen LogP contribution in [-0.4, -0.2) is 72.0 Å². The third-order valence-electron chi connectivity index (χ3n) is 0.730. The fourth-order valence-corrected chi connectivity index (χ4v) is 0. The van der Waals surface area contributed by atoms with E-state index in [1.165, 1.54) is 9.80 Å². The number of hydrogen-bond donors (Lipinski definition) is 0. The molecule has 0 aliphatic carbocycles. The Kier molecular flexibility index (Phi) is 14.9. The van der Waals surface area contributed by atoms with Crippen molar-refractivity contribution in [1.29, 1.82) is 0 Å². The summed E-state index contributed by atoms with van der Waals surface area (Å²) in [6.45, 7) is 0. The van der Waals surface area contributed by atoms with Crippen molar-refractivity contribution in [2.24, 2.45) is 0 Å². The van der Waals surface area contributed by atoms with E-state index in [4.69, 9.17) is 0 Å². The first-order chi connectivity index (χ1) is 5.29. The zero-order valence-corrected chi connectivity index (χ0v) is 11.9. The molecule has 0 rings (SSSR count). The van der Waals surface area contributed by atoms with Gasteiger partial charge in [0.2, 0.25) is 0 Å². The molecule has 0 saturated carbocycles. The van der Waals surface area contributed by atoms with Crippen LogP contribution in [0.4, 0.5) is 0 Å². The summed E-state index contributed by atoms with van der Waals surface area (Å²) in [5, 5.41) is 19.1. The maximum Gasteiger partial charge on any atom is 2.00 e. The van der Waals surface area contributed by atoms with E-state index in [0.29, 0.717) is 0 Å². The van der Waals surface area contributed by atoms with E-state index >= 15 is 0 Å². The number of nitrogens with zero attached hydrogens (tertiary/aromatic N) is 2. The van der Waals surface area contributed by atoms with Crippen LogP contribution in [0.5, 0.6) is 0 Å². The van der Waals surface area contributed by atoms with Gasteiger partial charge in [-0.15, -0.1) is 0 Å². The maximum atomic E-state index is 9.88. The fraction of sp³-hybridized carbons (Fsp3) is 0.667.